The van der Waals surface area contributed by atoms with Crippen LogP contribution in [0.4, 0.5) is 4.39 Å². The molecular formula is C15H24FN3. The van der Waals surface area contributed by atoms with Gasteiger partial charge in [-0.2, -0.15) is 0 Å². The van der Waals surface area contributed by atoms with E-state index < -0.39 is 0 Å². The molecule has 2 N–H and O–H groups in total. The third kappa shape index (κ3) is 3.32. The Kier molecular flexibility index (Phi) is 4.55. The average molecular weight is 265 g/mol. The van der Waals surface area contributed by atoms with Crippen molar-refractivity contribution in [1.82, 2.24) is 9.80 Å². The lowest BCUT2D eigenvalue weighted by molar-refractivity contribution is 0.0554. The van der Waals surface area contributed by atoms with Gasteiger partial charge in [0.15, 0.2) is 0 Å². The lowest BCUT2D eigenvalue weighted by atomic mass is 9.90. The van der Waals surface area contributed by atoms with Crippen molar-refractivity contribution in [1.29, 1.82) is 0 Å². The molecule has 1 aromatic carbocycles. The smallest absolute Gasteiger partial charge is 0.126 e. The van der Waals surface area contributed by atoms with E-state index in [0.29, 0.717) is 13.0 Å². The molecular weight excluding hydrogens is 241 g/mol. The fraction of sp³-hybridized carbons (Fsp3) is 0.600. The number of rotatable bonds is 4. The van der Waals surface area contributed by atoms with Crippen molar-refractivity contribution in [3.63, 3.8) is 0 Å². The summed E-state index contributed by atoms with van der Waals surface area (Å²) in [6.07, 6.45) is 0.667. The summed E-state index contributed by atoms with van der Waals surface area (Å²) in [5, 5.41) is 0. The van der Waals surface area contributed by atoms with Crippen molar-refractivity contribution in [2.45, 2.75) is 18.9 Å². The van der Waals surface area contributed by atoms with E-state index in [1.165, 1.54) is 6.07 Å². The van der Waals surface area contributed by atoms with Crippen LogP contribution in [0.15, 0.2) is 24.3 Å². The second-order valence-electron chi connectivity index (χ2n) is 5.76. The Morgan fingerprint density at radius 2 is 1.84 bits per heavy atom. The summed E-state index contributed by atoms with van der Waals surface area (Å²) in [6.45, 7) is 6.78. The molecule has 106 valence electrons. The molecule has 1 aliphatic rings. The summed E-state index contributed by atoms with van der Waals surface area (Å²) in [4.78, 5) is 4.72. The SMILES string of the molecule is CN1CCN(C(C)(CN)Cc2ccccc2F)CC1. The molecule has 1 aliphatic heterocycles. The van der Waals surface area contributed by atoms with E-state index in [-0.39, 0.29) is 11.4 Å². The Balaban J connectivity index is 2.12. The highest BCUT2D eigenvalue weighted by Gasteiger charge is 2.33. The second kappa shape index (κ2) is 5.99. The fourth-order valence-corrected chi connectivity index (χ4v) is 2.71. The van der Waals surface area contributed by atoms with Crippen LogP contribution in [-0.4, -0.2) is 55.1 Å². The standard InChI is InChI=1S/C15H24FN3/c1-15(12-17,19-9-7-18(2)8-10-19)11-13-5-3-4-6-14(13)16/h3-6H,7-12,17H2,1-2H3. The predicted octanol–water partition coefficient (Wildman–Crippen LogP) is 1.33. The third-order valence-corrected chi connectivity index (χ3v) is 4.24. The van der Waals surface area contributed by atoms with Gasteiger partial charge >= 0.3 is 0 Å². The molecule has 1 heterocycles. The van der Waals surface area contributed by atoms with Crippen molar-refractivity contribution in [3.8, 4) is 0 Å². The van der Waals surface area contributed by atoms with E-state index in [2.05, 4.69) is 23.8 Å². The molecule has 2 rings (SSSR count). The van der Waals surface area contributed by atoms with Crippen LogP contribution in [0.2, 0.25) is 0 Å². The summed E-state index contributed by atoms with van der Waals surface area (Å²) in [5.74, 6) is -0.128. The molecule has 1 saturated heterocycles. The van der Waals surface area contributed by atoms with Crippen LogP contribution >= 0.6 is 0 Å². The van der Waals surface area contributed by atoms with Gasteiger partial charge in [0.05, 0.1) is 0 Å². The van der Waals surface area contributed by atoms with Crippen molar-refractivity contribution in [3.05, 3.63) is 35.6 Å². The number of nitrogens with zero attached hydrogens (tertiary/aromatic N) is 2. The molecule has 0 saturated carbocycles. The first-order valence-electron chi connectivity index (χ1n) is 6.92. The zero-order chi connectivity index (χ0) is 13.9. The summed E-state index contributed by atoms with van der Waals surface area (Å²) < 4.78 is 13.8. The zero-order valence-corrected chi connectivity index (χ0v) is 11.9. The number of likely N-dealkylation sites (N-methyl/N-ethyl adjacent to an activating group) is 1. The average Bonchev–Trinajstić information content (AvgIpc) is 2.42. The molecule has 0 spiro atoms. The summed E-state index contributed by atoms with van der Waals surface area (Å²) in [7, 11) is 2.13. The molecule has 0 aliphatic carbocycles. The molecule has 0 aromatic heterocycles. The van der Waals surface area contributed by atoms with E-state index in [1.807, 2.05) is 12.1 Å². The van der Waals surface area contributed by atoms with Crippen LogP contribution in [0.3, 0.4) is 0 Å². The van der Waals surface area contributed by atoms with Gasteiger partial charge < -0.3 is 10.6 Å². The number of hydrogen-bond acceptors (Lipinski definition) is 3. The number of nitrogens with two attached hydrogens (primary N) is 1. The van der Waals surface area contributed by atoms with Crippen LogP contribution in [0.5, 0.6) is 0 Å². The zero-order valence-electron chi connectivity index (χ0n) is 11.9. The first-order valence-corrected chi connectivity index (χ1v) is 6.92. The highest BCUT2D eigenvalue weighted by molar-refractivity contribution is 5.20. The van der Waals surface area contributed by atoms with Gasteiger partial charge in [0.1, 0.15) is 5.82 Å². The maximum atomic E-state index is 13.8. The molecule has 19 heavy (non-hydrogen) atoms. The maximum absolute atomic E-state index is 13.8. The van der Waals surface area contributed by atoms with Crippen LogP contribution < -0.4 is 5.73 Å². The largest absolute Gasteiger partial charge is 0.329 e. The molecule has 3 nitrogen and oxygen atoms in total. The van der Waals surface area contributed by atoms with E-state index in [4.69, 9.17) is 5.73 Å². The van der Waals surface area contributed by atoms with E-state index >= 15 is 0 Å². The number of halogens is 1. The second-order valence-corrected chi connectivity index (χ2v) is 5.76. The van der Waals surface area contributed by atoms with E-state index in [1.54, 1.807) is 6.07 Å². The quantitative estimate of drug-likeness (QED) is 0.891. The van der Waals surface area contributed by atoms with Gasteiger partial charge in [0.25, 0.3) is 0 Å². The van der Waals surface area contributed by atoms with Gasteiger partial charge in [0.2, 0.25) is 0 Å². The summed E-state index contributed by atoms with van der Waals surface area (Å²) in [5.41, 5.74) is 6.59. The van der Waals surface area contributed by atoms with Crippen LogP contribution in [0, 0.1) is 5.82 Å². The number of benzene rings is 1. The lowest BCUT2D eigenvalue weighted by Gasteiger charge is -2.45. The molecule has 1 aromatic rings. The van der Waals surface area contributed by atoms with Crippen LogP contribution in [0.25, 0.3) is 0 Å². The Hall–Kier alpha value is -0.970. The first kappa shape index (κ1) is 14.4. The van der Waals surface area contributed by atoms with Crippen LogP contribution in [0.1, 0.15) is 12.5 Å². The maximum Gasteiger partial charge on any atom is 0.126 e. The van der Waals surface area contributed by atoms with Crippen molar-refractivity contribution in [2.75, 3.05) is 39.8 Å². The minimum Gasteiger partial charge on any atom is -0.329 e. The highest BCUT2D eigenvalue weighted by atomic mass is 19.1. The number of hydrogen-bond donors (Lipinski definition) is 1. The minimum absolute atomic E-state index is 0.128. The Bertz CT molecular complexity index is 416. The van der Waals surface area contributed by atoms with E-state index in [0.717, 1.165) is 31.7 Å². The van der Waals surface area contributed by atoms with Crippen LogP contribution in [-0.2, 0) is 6.42 Å². The topological polar surface area (TPSA) is 32.5 Å². The minimum atomic E-state index is -0.163. The van der Waals surface area contributed by atoms with Crippen molar-refractivity contribution >= 4 is 0 Å². The molecule has 1 atom stereocenters. The van der Waals surface area contributed by atoms with Gasteiger partial charge in [-0.3, -0.25) is 4.90 Å². The summed E-state index contributed by atoms with van der Waals surface area (Å²) in [6, 6.07) is 7.00. The Labute approximate surface area is 115 Å². The van der Waals surface area contributed by atoms with Gasteiger partial charge in [-0.15, -0.1) is 0 Å². The first-order chi connectivity index (χ1) is 9.05. The third-order valence-electron chi connectivity index (χ3n) is 4.24. The Morgan fingerprint density at radius 1 is 1.21 bits per heavy atom. The van der Waals surface area contributed by atoms with E-state index in [9.17, 15) is 4.39 Å². The van der Waals surface area contributed by atoms with Gasteiger partial charge in [-0.05, 0) is 32.0 Å². The predicted molar refractivity (Wildman–Crippen MR) is 76.6 cm³/mol. The van der Waals surface area contributed by atoms with Gasteiger partial charge in [-0.1, -0.05) is 18.2 Å². The van der Waals surface area contributed by atoms with Gasteiger partial charge in [-0.25, -0.2) is 4.39 Å². The highest BCUT2D eigenvalue weighted by Crippen LogP contribution is 2.23. The molecule has 1 fully saturated rings. The van der Waals surface area contributed by atoms with Crippen molar-refractivity contribution < 1.29 is 4.39 Å². The Morgan fingerprint density at radius 3 is 2.42 bits per heavy atom. The molecule has 0 amide bonds. The molecule has 0 bridgehead atoms. The van der Waals surface area contributed by atoms with Gasteiger partial charge in [0, 0.05) is 38.3 Å². The molecule has 4 heteroatoms. The number of piperazine rings is 1. The summed E-state index contributed by atoms with van der Waals surface area (Å²) >= 11 is 0. The fourth-order valence-electron chi connectivity index (χ4n) is 2.71. The van der Waals surface area contributed by atoms with Crippen molar-refractivity contribution in [2.24, 2.45) is 5.73 Å². The molecule has 1 unspecified atom stereocenters. The lowest BCUT2D eigenvalue weighted by Crippen LogP contribution is -2.59. The normalized spacial score (nSPS) is 21.3. The molecule has 0 radical (unpaired) electrons. The monoisotopic (exact) mass is 265 g/mol.